The van der Waals surface area contributed by atoms with Gasteiger partial charge in [0.2, 0.25) is 0 Å². The first-order valence-corrected chi connectivity index (χ1v) is 7.22. The maximum Gasteiger partial charge on any atom is 0.416 e. The second kappa shape index (κ2) is 7.04. The van der Waals surface area contributed by atoms with E-state index in [1.165, 1.54) is 12.1 Å². The number of benzene rings is 1. The first-order chi connectivity index (χ1) is 8.45. The molecule has 5 heteroatoms. The molecule has 0 aliphatic rings. The van der Waals surface area contributed by atoms with E-state index in [4.69, 9.17) is 0 Å². The van der Waals surface area contributed by atoms with E-state index in [9.17, 15) is 13.2 Å². The van der Waals surface area contributed by atoms with Gasteiger partial charge in [0.15, 0.2) is 0 Å². The summed E-state index contributed by atoms with van der Waals surface area (Å²) < 4.78 is 38.2. The summed E-state index contributed by atoms with van der Waals surface area (Å²) in [6.07, 6.45) is -1.30. The van der Waals surface area contributed by atoms with Crippen molar-refractivity contribution in [3.8, 4) is 0 Å². The van der Waals surface area contributed by atoms with Crippen LogP contribution in [0.3, 0.4) is 0 Å². The van der Waals surface area contributed by atoms with Crippen molar-refractivity contribution < 1.29 is 13.2 Å². The Labute approximate surface area is 110 Å². The van der Waals surface area contributed by atoms with E-state index >= 15 is 0 Å². The summed E-state index contributed by atoms with van der Waals surface area (Å²) in [7, 11) is 0. The molecule has 0 aliphatic carbocycles. The summed E-state index contributed by atoms with van der Waals surface area (Å²) in [6.45, 7) is 2.25. The van der Waals surface area contributed by atoms with Gasteiger partial charge in [-0.1, -0.05) is 18.2 Å². The zero-order valence-electron chi connectivity index (χ0n) is 10.6. The van der Waals surface area contributed by atoms with E-state index in [2.05, 4.69) is 5.32 Å². The third-order valence-electron chi connectivity index (χ3n) is 2.72. The number of rotatable bonds is 6. The predicted octanol–water partition coefficient (Wildman–Crippen LogP) is 3.94. The second-order valence-electron chi connectivity index (χ2n) is 4.22. The van der Waals surface area contributed by atoms with Crippen LogP contribution in [0, 0.1) is 0 Å². The van der Waals surface area contributed by atoms with Gasteiger partial charge in [-0.3, -0.25) is 0 Å². The Hall–Kier alpha value is -0.680. The Bertz CT molecular complexity index is 365. The van der Waals surface area contributed by atoms with Crippen LogP contribution in [0.15, 0.2) is 24.3 Å². The lowest BCUT2D eigenvalue weighted by Crippen LogP contribution is -2.27. The summed E-state index contributed by atoms with van der Waals surface area (Å²) >= 11 is 1.74. The highest BCUT2D eigenvalue weighted by Gasteiger charge is 2.32. The van der Waals surface area contributed by atoms with Gasteiger partial charge >= 0.3 is 6.18 Å². The first kappa shape index (κ1) is 15.4. The van der Waals surface area contributed by atoms with Gasteiger partial charge in [-0.05, 0) is 37.0 Å². The topological polar surface area (TPSA) is 12.0 Å². The first-order valence-electron chi connectivity index (χ1n) is 5.82. The molecule has 0 aromatic heterocycles. The molecule has 1 N–H and O–H groups in total. The lowest BCUT2D eigenvalue weighted by Gasteiger charge is -2.16. The highest BCUT2D eigenvalue weighted by molar-refractivity contribution is 7.98. The Morgan fingerprint density at radius 1 is 1.28 bits per heavy atom. The van der Waals surface area contributed by atoms with E-state index in [0.717, 1.165) is 18.2 Å². The maximum atomic E-state index is 12.7. The van der Waals surface area contributed by atoms with Crippen LogP contribution in [0.25, 0.3) is 0 Å². The van der Waals surface area contributed by atoms with Gasteiger partial charge in [0, 0.05) is 12.6 Å². The van der Waals surface area contributed by atoms with Crippen molar-refractivity contribution in [2.75, 3.05) is 12.0 Å². The quantitative estimate of drug-likeness (QED) is 0.845. The molecule has 0 saturated carbocycles. The number of alkyl halides is 3. The largest absolute Gasteiger partial charge is 0.416 e. The molecule has 0 amide bonds. The van der Waals surface area contributed by atoms with Gasteiger partial charge in [0.1, 0.15) is 0 Å². The molecule has 0 fully saturated rings. The van der Waals surface area contributed by atoms with Gasteiger partial charge in [0.25, 0.3) is 0 Å². The monoisotopic (exact) mass is 277 g/mol. The lowest BCUT2D eigenvalue weighted by molar-refractivity contribution is -0.138. The van der Waals surface area contributed by atoms with E-state index in [0.29, 0.717) is 5.56 Å². The van der Waals surface area contributed by atoms with Gasteiger partial charge in [0.05, 0.1) is 5.56 Å². The molecule has 18 heavy (non-hydrogen) atoms. The van der Waals surface area contributed by atoms with Crippen LogP contribution in [0.4, 0.5) is 13.2 Å². The van der Waals surface area contributed by atoms with Crippen molar-refractivity contribution in [1.29, 1.82) is 0 Å². The van der Waals surface area contributed by atoms with E-state index in [1.54, 1.807) is 17.8 Å². The van der Waals surface area contributed by atoms with Gasteiger partial charge in [-0.25, -0.2) is 0 Å². The zero-order chi connectivity index (χ0) is 13.6. The Balaban J connectivity index is 2.62. The van der Waals surface area contributed by atoms with Crippen molar-refractivity contribution >= 4 is 11.8 Å². The molecule has 0 saturated heterocycles. The van der Waals surface area contributed by atoms with Crippen molar-refractivity contribution in [3.63, 3.8) is 0 Å². The van der Waals surface area contributed by atoms with Crippen molar-refractivity contribution in [1.82, 2.24) is 5.32 Å². The smallest absolute Gasteiger partial charge is 0.310 e. The molecule has 0 bridgehead atoms. The van der Waals surface area contributed by atoms with Crippen LogP contribution >= 0.6 is 11.8 Å². The number of hydrogen-bond donors (Lipinski definition) is 1. The zero-order valence-corrected chi connectivity index (χ0v) is 11.4. The van der Waals surface area contributed by atoms with Crippen LogP contribution in [-0.4, -0.2) is 18.1 Å². The molecule has 0 heterocycles. The third kappa shape index (κ3) is 4.90. The highest BCUT2D eigenvalue weighted by atomic mass is 32.2. The molecule has 1 rings (SSSR count). The summed E-state index contributed by atoms with van der Waals surface area (Å²) in [5, 5.41) is 3.13. The lowest BCUT2D eigenvalue weighted by atomic mass is 10.1. The van der Waals surface area contributed by atoms with E-state index in [-0.39, 0.29) is 12.6 Å². The third-order valence-corrected chi connectivity index (χ3v) is 3.36. The maximum absolute atomic E-state index is 12.7. The van der Waals surface area contributed by atoms with Crippen LogP contribution in [-0.2, 0) is 12.7 Å². The highest BCUT2D eigenvalue weighted by Crippen LogP contribution is 2.31. The molecular formula is C13H18F3NS. The summed E-state index contributed by atoms with van der Waals surface area (Å²) in [4.78, 5) is 0. The molecule has 1 aromatic carbocycles. The summed E-state index contributed by atoms with van der Waals surface area (Å²) in [6, 6.07) is 5.93. The standard InChI is InChI=1S/C13H18F3NS/c1-10(7-8-18-2)17-9-11-5-3-4-6-12(11)13(14,15)16/h3-6,10,17H,7-9H2,1-2H3. The van der Waals surface area contributed by atoms with Crippen molar-refractivity contribution in [2.45, 2.75) is 32.1 Å². The molecule has 0 spiro atoms. The molecule has 0 aliphatic heterocycles. The molecule has 1 nitrogen and oxygen atoms in total. The fourth-order valence-electron chi connectivity index (χ4n) is 1.63. The molecule has 1 atom stereocenters. The van der Waals surface area contributed by atoms with E-state index < -0.39 is 11.7 Å². The van der Waals surface area contributed by atoms with Crippen LogP contribution in [0.5, 0.6) is 0 Å². The van der Waals surface area contributed by atoms with Crippen LogP contribution in [0.1, 0.15) is 24.5 Å². The van der Waals surface area contributed by atoms with E-state index in [1.807, 2.05) is 13.2 Å². The molecule has 102 valence electrons. The molecular weight excluding hydrogens is 259 g/mol. The number of nitrogens with one attached hydrogen (secondary N) is 1. The minimum Gasteiger partial charge on any atom is -0.310 e. The van der Waals surface area contributed by atoms with Crippen molar-refractivity contribution in [2.24, 2.45) is 0 Å². The fraction of sp³-hybridized carbons (Fsp3) is 0.538. The average molecular weight is 277 g/mol. The normalized spacial score (nSPS) is 13.6. The summed E-state index contributed by atoms with van der Waals surface area (Å²) in [5.74, 6) is 1.01. The number of thioether (sulfide) groups is 1. The van der Waals surface area contributed by atoms with Gasteiger partial charge < -0.3 is 5.32 Å². The number of hydrogen-bond acceptors (Lipinski definition) is 2. The minimum atomic E-state index is -4.28. The molecule has 0 radical (unpaired) electrons. The predicted molar refractivity (Wildman–Crippen MR) is 70.7 cm³/mol. The Morgan fingerprint density at radius 2 is 1.94 bits per heavy atom. The van der Waals surface area contributed by atoms with Gasteiger partial charge in [-0.2, -0.15) is 24.9 Å². The second-order valence-corrected chi connectivity index (χ2v) is 5.20. The summed E-state index contributed by atoms with van der Waals surface area (Å²) in [5.41, 5.74) is -0.240. The Morgan fingerprint density at radius 3 is 2.56 bits per heavy atom. The van der Waals surface area contributed by atoms with Gasteiger partial charge in [-0.15, -0.1) is 0 Å². The Kier molecular flexibility index (Phi) is 6.02. The average Bonchev–Trinajstić information content (AvgIpc) is 2.33. The van der Waals surface area contributed by atoms with Crippen LogP contribution in [0.2, 0.25) is 0 Å². The fourth-order valence-corrected chi connectivity index (χ4v) is 2.22. The molecule has 1 unspecified atom stereocenters. The molecule has 1 aromatic rings. The number of halogens is 3. The SMILES string of the molecule is CSCCC(C)NCc1ccccc1C(F)(F)F. The van der Waals surface area contributed by atoms with Crippen molar-refractivity contribution in [3.05, 3.63) is 35.4 Å². The van der Waals surface area contributed by atoms with Crippen LogP contribution < -0.4 is 5.32 Å². The minimum absolute atomic E-state index is 0.221.